The van der Waals surface area contributed by atoms with Gasteiger partial charge in [0.2, 0.25) is 0 Å². The van der Waals surface area contributed by atoms with Crippen LogP contribution < -0.4 is 4.74 Å². The predicted molar refractivity (Wildman–Crippen MR) is 121 cm³/mol. The fraction of sp³-hybridized carbons (Fsp3) is 0.333. The minimum absolute atomic E-state index is 0.152. The fourth-order valence-electron chi connectivity index (χ4n) is 3.44. The van der Waals surface area contributed by atoms with E-state index in [-0.39, 0.29) is 6.10 Å². The summed E-state index contributed by atoms with van der Waals surface area (Å²) in [5.74, 6) is 0.865. The molecule has 3 aromatic rings. The Morgan fingerprint density at radius 1 is 0.967 bits per heavy atom. The molecule has 4 rings (SSSR count). The standard InChI is InChI=1S/C24H29N5O/c1-19(2)30-23-11-9-20(10-12-23)24-21(17-25-28-15-13-27(3)14-16-28)18-29(26-24)22-7-5-4-6-8-22/h4-12,17-19H,13-16H2,1-3H3/b25-17-. The van der Waals surface area contributed by atoms with Gasteiger partial charge in [-0.3, -0.25) is 5.01 Å². The van der Waals surface area contributed by atoms with E-state index < -0.39 is 0 Å². The predicted octanol–water partition coefficient (Wildman–Crippen LogP) is 3.91. The van der Waals surface area contributed by atoms with Crippen LogP contribution in [0.1, 0.15) is 19.4 Å². The average Bonchev–Trinajstić information content (AvgIpc) is 3.18. The topological polar surface area (TPSA) is 45.9 Å². The quantitative estimate of drug-likeness (QED) is 0.586. The summed E-state index contributed by atoms with van der Waals surface area (Å²) in [6, 6.07) is 18.3. The molecule has 156 valence electrons. The molecule has 1 aliphatic heterocycles. The molecule has 0 unspecified atom stereocenters. The molecule has 6 nitrogen and oxygen atoms in total. The van der Waals surface area contributed by atoms with Crippen LogP contribution in [-0.4, -0.2) is 65.2 Å². The second-order valence-corrected chi connectivity index (χ2v) is 7.91. The Bertz CT molecular complexity index is 971. The zero-order valence-electron chi connectivity index (χ0n) is 17.9. The van der Waals surface area contributed by atoms with E-state index in [1.807, 2.05) is 61.3 Å². The number of hydrogen-bond acceptors (Lipinski definition) is 5. The second-order valence-electron chi connectivity index (χ2n) is 7.91. The third-order valence-electron chi connectivity index (χ3n) is 5.10. The van der Waals surface area contributed by atoms with Gasteiger partial charge in [-0.2, -0.15) is 10.2 Å². The maximum atomic E-state index is 5.78. The molecule has 2 heterocycles. The van der Waals surface area contributed by atoms with Gasteiger partial charge in [0, 0.05) is 43.5 Å². The first-order valence-electron chi connectivity index (χ1n) is 10.5. The van der Waals surface area contributed by atoms with Crippen LogP contribution in [0, 0.1) is 0 Å². The van der Waals surface area contributed by atoms with E-state index >= 15 is 0 Å². The minimum Gasteiger partial charge on any atom is -0.491 e. The van der Waals surface area contributed by atoms with Gasteiger partial charge in [0.25, 0.3) is 0 Å². The molecule has 0 saturated carbocycles. The van der Waals surface area contributed by atoms with Crippen LogP contribution in [0.3, 0.4) is 0 Å². The van der Waals surface area contributed by atoms with Gasteiger partial charge in [-0.1, -0.05) is 18.2 Å². The van der Waals surface area contributed by atoms with Gasteiger partial charge in [-0.25, -0.2) is 4.68 Å². The summed E-state index contributed by atoms with van der Waals surface area (Å²) in [5.41, 5.74) is 3.97. The van der Waals surface area contributed by atoms with E-state index in [0.717, 1.165) is 54.4 Å². The summed E-state index contributed by atoms with van der Waals surface area (Å²) in [6.45, 7) is 8.01. The number of likely N-dealkylation sites (N-methyl/N-ethyl adjacent to an activating group) is 1. The first-order chi connectivity index (χ1) is 14.6. The summed E-state index contributed by atoms with van der Waals surface area (Å²) in [7, 11) is 2.15. The van der Waals surface area contributed by atoms with E-state index in [1.54, 1.807) is 0 Å². The third kappa shape index (κ3) is 4.89. The normalized spacial score (nSPS) is 15.3. The second kappa shape index (κ2) is 9.13. The molecule has 2 aromatic carbocycles. The lowest BCUT2D eigenvalue weighted by molar-refractivity contribution is 0.159. The molecule has 0 atom stereocenters. The van der Waals surface area contributed by atoms with Gasteiger partial charge in [-0.05, 0) is 57.3 Å². The Labute approximate surface area is 178 Å². The van der Waals surface area contributed by atoms with E-state index in [2.05, 4.69) is 41.2 Å². The molecular formula is C24H29N5O. The zero-order chi connectivity index (χ0) is 20.9. The minimum atomic E-state index is 0.152. The number of hydrazone groups is 1. The number of piperazine rings is 1. The van der Waals surface area contributed by atoms with E-state index in [0.29, 0.717) is 0 Å². The van der Waals surface area contributed by atoms with Crippen LogP contribution in [-0.2, 0) is 0 Å². The van der Waals surface area contributed by atoms with Crippen molar-refractivity contribution >= 4 is 6.21 Å². The summed E-state index contributed by atoms with van der Waals surface area (Å²) in [4.78, 5) is 2.33. The van der Waals surface area contributed by atoms with Gasteiger partial charge < -0.3 is 9.64 Å². The number of hydrogen-bond donors (Lipinski definition) is 0. The molecule has 1 aliphatic rings. The van der Waals surface area contributed by atoms with Crippen molar-refractivity contribution in [3.8, 4) is 22.7 Å². The van der Waals surface area contributed by atoms with Crippen molar-refractivity contribution in [3.05, 3.63) is 66.4 Å². The lowest BCUT2D eigenvalue weighted by atomic mass is 10.1. The van der Waals surface area contributed by atoms with Crippen molar-refractivity contribution in [2.24, 2.45) is 5.10 Å². The van der Waals surface area contributed by atoms with Crippen LogP contribution in [0.2, 0.25) is 0 Å². The van der Waals surface area contributed by atoms with Crippen LogP contribution in [0.4, 0.5) is 0 Å². The highest BCUT2D eigenvalue weighted by atomic mass is 16.5. The molecule has 1 saturated heterocycles. The highest BCUT2D eigenvalue weighted by molar-refractivity contribution is 5.88. The molecule has 0 spiro atoms. The molecule has 0 amide bonds. The summed E-state index contributed by atoms with van der Waals surface area (Å²) < 4.78 is 7.70. The van der Waals surface area contributed by atoms with Crippen molar-refractivity contribution in [1.29, 1.82) is 0 Å². The number of ether oxygens (including phenoxy) is 1. The Morgan fingerprint density at radius 2 is 1.67 bits per heavy atom. The Morgan fingerprint density at radius 3 is 2.33 bits per heavy atom. The van der Waals surface area contributed by atoms with Crippen molar-refractivity contribution < 1.29 is 4.74 Å². The molecule has 30 heavy (non-hydrogen) atoms. The highest BCUT2D eigenvalue weighted by Gasteiger charge is 2.14. The lowest BCUT2D eigenvalue weighted by Gasteiger charge is -2.30. The number of benzene rings is 2. The summed E-state index contributed by atoms with van der Waals surface area (Å²) in [6.07, 6.45) is 4.13. The Kier molecular flexibility index (Phi) is 6.14. The molecule has 0 bridgehead atoms. The van der Waals surface area contributed by atoms with Crippen molar-refractivity contribution in [1.82, 2.24) is 19.7 Å². The molecule has 1 aromatic heterocycles. The largest absolute Gasteiger partial charge is 0.491 e. The molecule has 6 heteroatoms. The van der Waals surface area contributed by atoms with Gasteiger partial charge in [-0.15, -0.1) is 0 Å². The van der Waals surface area contributed by atoms with E-state index in [9.17, 15) is 0 Å². The number of aromatic nitrogens is 2. The van der Waals surface area contributed by atoms with Crippen LogP contribution in [0.5, 0.6) is 5.75 Å². The zero-order valence-corrected chi connectivity index (χ0v) is 17.9. The first kappa shape index (κ1) is 20.2. The maximum absolute atomic E-state index is 5.78. The number of rotatable bonds is 6. The van der Waals surface area contributed by atoms with Gasteiger partial charge in [0.05, 0.1) is 18.0 Å². The SMILES string of the molecule is CC(C)Oc1ccc(-c2nn(-c3ccccc3)cc2/C=N\N2CCN(C)CC2)cc1. The molecule has 0 N–H and O–H groups in total. The third-order valence-corrected chi connectivity index (χ3v) is 5.10. The Balaban J connectivity index is 1.64. The van der Waals surface area contributed by atoms with Crippen molar-refractivity contribution in [2.45, 2.75) is 20.0 Å². The number of para-hydroxylation sites is 1. The Hall–Kier alpha value is -3.12. The van der Waals surface area contributed by atoms with Gasteiger partial charge in [0.15, 0.2) is 0 Å². The van der Waals surface area contributed by atoms with Crippen LogP contribution >= 0.6 is 0 Å². The summed E-state index contributed by atoms with van der Waals surface area (Å²) >= 11 is 0. The summed E-state index contributed by atoms with van der Waals surface area (Å²) in [5, 5.41) is 11.7. The monoisotopic (exact) mass is 403 g/mol. The highest BCUT2D eigenvalue weighted by Crippen LogP contribution is 2.25. The fourth-order valence-corrected chi connectivity index (χ4v) is 3.44. The molecule has 0 aliphatic carbocycles. The van der Waals surface area contributed by atoms with E-state index in [4.69, 9.17) is 14.9 Å². The van der Waals surface area contributed by atoms with Crippen LogP contribution in [0.15, 0.2) is 65.9 Å². The van der Waals surface area contributed by atoms with Crippen molar-refractivity contribution in [2.75, 3.05) is 33.2 Å². The number of nitrogens with zero attached hydrogens (tertiary/aromatic N) is 5. The average molecular weight is 404 g/mol. The first-order valence-corrected chi connectivity index (χ1v) is 10.5. The lowest BCUT2D eigenvalue weighted by Crippen LogP contribution is -2.41. The molecule has 1 fully saturated rings. The maximum Gasteiger partial charge on any atom is 0.119 e. The molecular weight excluding hydrogens is 374 g/mol. The van der Waals surface area contributed by atoms with Crippen LogP contribution in [0.25, 0.3) is 16.9 Å². The molecule has 0 radical (unpaired) electrons. The van der Waals surface area contributed by atoms with E-state index in [1.165, 1.54) is 0 Å². The smallest absolute Gasteiger partial charge is 0.119 e. The van der Waals surface area contributed by atoms with Gasteiger partial charge in [0.1, 0.15) is 11.4 Å². The van der Waals surface area contributed by atoms with Gasteiger partial charge >= 0.3 is 0 Å². The van der Waals surface area contributed by atoms with Crippen molar-refractivity contribution in [3.63, 3.8) is 0 Å².